The van der Waals surface area contributed by atoms with Crippen molar-refractivity contribution in [2.75, 3.05) is 13.6 Å². The Hall–Kier alpha value is -1.59. The number of nitrogens with zero attached hydrogens (tertiary/aromatic N) is 2. The lowest BCUT2D eigenvalue weighted by Crippen LogP contribution is -2.51. The summed E-state index contributed by atoms with van der Waals surface area (Å²) in [6, 6.07) is -1.42. The maximum absolute atomic E-state index is 12.2. The highest BCUT2D eigenvalue weighted by Gasteiger charge is 2.35. The van der Waals surface area contributed by atoms with Gasteiger partial charge in [-0.1, -0.05) is 6.92 Å². The van der Waals surface area contributed by atoms with E-state index in [1.54, 1.807) is 4.90 Å². The third-order valence-electron chi connectivity index (χ3n) is 3.44. The fourth-order valence-electron chi connectivity index (χ4n) is 2.12. The molecule has 1 rings (SSSR count). The first-order chi connectivity index (χ1) is 8.40. The van der Waals surface area contributed by atoms with Gasteiger partial charge >= 0.3 is 5.97 Å². The number of carbonyl (C=O) groups excluding carboxylic acids is 2. The molecule has 0 aromatic rings. The molecule has 1 saturated heterocycles. The van der Waals surface area contributed by atoms with Crippen molar-refractivity contribution in [1.82, 2.24) is 9.80 Å². The summed E-state index contributed by atoms with van der Waals surface area (Å²) in [5.41, 5.74) is 0. The van der Waals surface area contributed by atoms with Crippen LogP contribution in [0.2, 0.25) is 0 Å². The van der Waals surface area contributed by atoms with Crippen LogP contribution in [0.4, 0.5) is 0 Å². The van der Waals surface area contributed by atoms with E-state index in [9.17, 15) is 14.4 Å². The van der Waals surface area contributed by atoms with Crippen molar-refractivity contribution in [1.29, 1.82) is 0 Å². The van der Waals surface area contributed by atoms with Gasteiger partial charge in [-0.15, -0.1) is 0 Å². The molecule has 1 N–H and O–H groups in total. The molecule has 2 unspecified atom stereocenters. The molecule has 6 heteroatoms. The Kier molecular flexibility index (Phi) is 4.69. The van der Waals surface area contributed by atoms with Crippen LogP contribution in [0.1, 0.15) is 33.1 Å². The van der Waals surface area contributed by atoms with Crippen LogP contribution in [0.25, 0.3) is 0 Å². The fraction of sp³-hybridized carbons (Fsp3) is 0.750. The maximum Gasteiger partial charge on any atom is 0.326 e. The van der Waals surface area contributed by atoms with Crippen LogP contribution in [0, 0.1) is 0 Å². The third kappa shape index (κ3) is 2.80. The summed E-state index contributed by atoms with van der Waals surface area (Å²) >= 11 is 0. The molecular formula is C12H20N2O4. The van der Waals surface area contributed by atoms with Crippen LogP contribution in [0.5, 0.6) is 0 Å². The minimum atomic E-state index is -1.05. The van der Waals surface area contributed by atoms with Crippen molar-refractivity contribution in [2.24, 2.45) is 0 Å². The Balaban J connectivity index is 2.79. The minimum Gasteiger partial charge on any atom is -0.480 e. The fourth-order valence-corrected chi connectivity index (χ4v) is 2.12. The number of aliphatic carboxylic acids is 1. The first kappa shape index (κ1) is 14.5. The lowest BCUT2D eigenvalue weighted by molar-refractivity contribution is -0.152. The first-order valence-corrected chi connectivity index (χ1v) is 6.19. The normalized spacial score (nSPS) is 18.6. The second-order valence-corrected chi connectivity index (χ2v) is 4.58. The summed E-state index contributed by atoms with van der Waals surface area (Å²) in [7, 11) is 1.46. The van der Waals surface area contributed by atoms with Crippen LogP contribution < -0.4 is 0 Å². The number of rotatable bonds is 5. The van der Waals surface area contributed by atoms with Crippen molar-refractivity contribution in [3.63, 3.8) is 0 Å². The standard InChI is InChI=1S/C12H20N2O4/c1-4-9(14-7-5-6-10(14)15)11(16)13(3)8(2)12(17)18/h8-9H,4-7H2,1-3H3,(H,17,18). The SMILES string of the molecule is CCC(C(=O)N(C)C(C)C(=O)O)N1CCCC1=O. The molecule has 0 radical (unpaired) electrons. The van der Waals surface area contributed by atoms with Crippen molar-refractivity contribution in [2.45, 2.75) is 45.2 Å². The van der Waals surface area contributed by atoms with E-state index >= 15 is 0 Å². The molecule has 1 heterocycles. The van der Waals surface area contributed by atoms with Crippen LogP contribution in [-0.4, -0.2) is 58.4 Å². The molecule has 2 amide bonds. The molecule has 0 aromatic carbocycles. The molecule has 2 atom stereocenters. The Morgan fingerprint density at radius 3 is 2.50 bits per heavy atom. The Morgan fingerprint density at radius 1 is 1.50 bits per heavy atom. The number of carbonyl (C=O) groups is 3. The molecule has 0 bridgehead atoms. The highest BCUT2D eigenvalue weighted by atomic mass is 16.4. The van der Waals surface area contributed by atoms with E-state index in [0.29, 0.717) is 19.4 Å². The average Bonchev–Trinajstić information content (AvgIpc) is 2.74. The summed E-state index contributed by atoms with van der Waals surface area (Å²) in [6.45, 7) is 3.87. The molecule has 0 aliphatic carbocycles. The lowest BCUT2D eigenvalue weighted by Gasteiger charge is -2.31. The largest absolute Gasteiger partial charge is 0.480 e. The monoisotopic (exact) mass is 256 g/mol. The Bertz CT molecular complexity index is 356. The second-order valence-electron chi connectivity index (χ2n) is 4.58. The number of likely N-dealkylation sites (tertiary alicyclic amines) is 1. The van der Waals surface area contributed by atoms with Gasteiger partial charge in [0.1, 0.15) is 12.1 Å². The number of hydrogen-bond donors (Lipinski definition) is 1. The van der Waals surface area contributed by atoms with Gasteiger partial charge in [0.15, 0.2) is 0 Å². The van der Waals surface area contributed by atoms with E-state index in [-0.39, 0.29) is 11.8 Å². The smallest absolute Gasteiger partial charge is 0.326 e. The van der Waals surface area contributed by atoms with Crippen LogP contribution in [0.15, 0.2) is 0 Å². The van der Waals surface area contributed by atoms with Gasteiger partial charge in [-0.2, -0.15) is 0 Å². The van der Waals surface area contributed by atoms with E-state index in [0.717, 1.165) is 6.42 Å². The summed E-state index contributed by atoms with van der Waals surface area (Å²) < 4.78 is 0. The third-order valence-corrected chi connectivity index (χ3v) is 3.44. The van der Waals surface area contributed by atoms with E-state index < -0.39 is 18.1 Å². The first-order valence-electron chi connectivity index (χ1n) is 6.19. The predicted octanol–water partition coefficient (Wildman–Crippen LogP) is 0.319. The van der Waals surface area contributed by atoms with Gasteiger partial charge in [0, 0.05) is 20.0 Å². The van der Waals surface area contributed by atoms with Gasteiger partial charge < -0.3 is 14.9 Å². The van der Waals surface area contributed by atoms with E-state index in [2.05, 4.69) is 0 Å². The number of carboxylic acids is 1. The molecule has 102 valence electrons. The summed E-state index contributed by atoms with van der Waals surface area (Å²) in [4.78, 5) is 37.5. The maximum atomic E-state index is 12.2. The predicted molar refractivity (Wildman–Crippen MR) is 64.9 cm³/mol. The van der Waals surface area contributed by atoms with Crippen LogP contribution >= 0.6 is 0 Å². The molecule has 0 spiro atoms. The molecule has 6 nitrogen and oxygen atoms in total. The van der Waals surface area contributed by atoms with Gasteiger partial charge in [-0.05, 0) is 19.8 Å². The van der Waals surface area contributed by atoms with Crippen molar-refractivity contribution >= 4 is 17.8 Å². The summed E-state index contributed by atoms with van der Waals surface area (Å²) in [5.74, 6) is -1.37. The minimum absolute atomic E-state index is 0.0217. The van der Waals surface area contributed by atoms with Gasteiger partial charge in [0.2, 0.25) is 11.8 Å². The highest BCUT2D eigenvalue weighted by molar-refractivity contribution is 5.90. The Labute approximate surface area is 107 Å². The van der Waals surface area contributed by atoms with Crippen LogP contribution in [0.3, 0.4) is 0 Å². The van der Waals surface area contributed by atoms with Gasteiger partial charge in [0.05, 0.1) is 0 Å². The number of amides is 2. The molecular weight excluding hydrogens is 236 g/mol. The Morgan fingerprint density at radius 2 is 2.11 bits per heavy atom. The molecule has 0 aromatic heterocycles. The van der Waals surface area contributed by atoms with Crippen molar-refractivity contribution in [3.05, 3.63) is 0 Å². The van der Waals surface area contributed by atoms with Crippen LogP contribution in [-0.2, 0) is 14.4 Å². The van der Waals surface area contributed by atoms with Crippen molar-refractivity contribution < 1.29 is 19.5 Å². The number of carboxylic acid groups (broad SMARTS) is 1. The second kappa shape index (κ2) is 5.84. The topological polar surface area (TPSA) is 77.9 Å². The quantitative estimate of drug-likeness (QED) is 0.768. The highest BCUT2D eigenvalue weighted by Crippen LogP contribution is 2.18. The van der Waals surface area contributed by atoms with Crippen molar-refractivity contribution in [3.8, 4) is 0 Å². The molecule has 1 aliphatic rings. The molecule has 18 heavy (non-hydrogen) atoms. The van der Waals surface area contributed by atoms with Gasteiger partial charge in [-0.25, -0.2) is 4.79 Å². The van der Waals surface area contributed by atoms with Gasteiger partial charge in [-0.3, -0.25) is 9.59 Å². The summed E-state index contributed by atoms with van der Waals surface area (Å²) in [6.07, 6.45) is 1.74. The van der Waals surface area contributed by atoms with E-state index in [4.69, 9.17) is 5.11 Å². The van der Waals surface area contributed by atoms with E-state index in [1.807, 2.05) is 6.92 Å². The molecule has 0 saturated carbocycles. The molecule has 1 fully saturated rings. The number of likely N-dealkylation sites (N-methyl/N-ethyl adjacent to an activating group) is 1. The zero-order valence-electron chi connectivity index (χ0n) is 11.0. The lowest BCUT2D eigenvalue weighted by atomic mass is 10.1. The number of hydrogen-bond acceptors (Lipinski definition) is 3. The average molecular weight is 256 g/mol. The molecule has 1 aliphatic heterocycles. The zero-order chi connectivity index (χ0) is 13.9. The summed E-state index contributed by atoms with van der Waals surface area (Å²) in [5, 5.41) is 8.90. The zero-order valence-corrected chi connectivity index (χ0v) is 11.0. The van der Waals surface area contributed by atoms with Gasteiger partial charge in [0.25, 0.3) is 0 Å². The van der Waals surface area contributed by atoms with E-state index in [1.165, 1.54) is 18.9 Å².